The Labute approximate surface area is 184 Å². The summed E-state index contributed by atoms with van der Waals surface area (Å²) in [5, 5.41) is 0.0465. The van der Waals surface area contributed by atoms with Gasteiger partial charge in [-0.15, -0.1) is 11.8 Å². The van der Waals surface area contributed by atoms with Crippen molar-refractivity contribution >= 4 is 17.7 Å². The second-order valence-electron chi connectivity index (χ2n) is 7.69. The molecule has 2 aromatic carbocycles. The molecule has 0 saturated carbocycles. The van der Waals surface area contributed by atoms with E-state index in [0.717, 1.165) is 54.9 Å². The summed E-state index contributed by atoms with van der Waals surface area (Å²) >= 11 is 1.83. The zero-order valence-corrected chi connectivity index (χ0v) is 19.1. The van der Waals surface area contributed by atoms with E-state index in [1.54, 1.807) is 7.11 Å². The SMILES string of the molecule is CCCC[C@H](CC)C(=O)N1CCS[C@H]1c1ccc(OCc2ccccc2)c(OC)c1. The number of amides is 1. The predicted octanol–water partition coefficient (Wildman–Crippen LogP) is 6.06. The number of carbonyl (C=O) groups is 1. The minimum absolute atomic E-state index is 0.0465. The number of nitrogens with zero attached hydrogens (tertiary/aromatic N) is 1. The van der Waals surface area contributed by atoms with Crippen molar-refractivity contribution in [1.82, 2.24) is 4.90 Å². The largest absolute Gasteiger partial charge is 0.493 e. The maximum atomic E-state index is 13.2. The molecule has 1 aliphatic heterocycles. The van der Waals surface area contributed by atoms with Crippen LogP contribution in [0.15, 0.2) is 48.5 Å². The van der Waals surface area contributed by atoms with Crippen LogP contribution in [0.1, 0.15) is 56.0 Å². The van der Waals surface area contributed by atoms with Crippen molar-refractivity contribution in [2.24, 2.45) is 5.92 Å². The number of benzene rings is 2. The molecule has 0 spiro atoms. The lowest BCUT2D eigenvalue weighted by Gasteiger charge is -2.28. The van der Waals surface area contributed by atoms with E-state index in [1.165, 1.54) is 0 Å². The summed E-state index contributed by atoms with van der Waals surface area (Å²) in [5.41, 5.74) is 2.21. The van der Waals surface area contributed by atoms with E-state index in [9.17, 15) is 4.79 Å². The van der Waals surface area contributed by atoms with Gasteiger partial charge in [0.05, 0.1) is 7.11 Å². The first-order valence-corrected chi connectivity index (χ1v) is 12.0. The summed E-state index contributed by atoms with van der Waals surface area (Å²) in [6, 6.07) is 16.2. The van der Waals surface area contributed by atoms with Crippen molar-refractivity contribution in [3.8, 4) is 11.5 Å². The fourth-order valence-electron chi connectivity index (χ4n) is 3.85. The third-order valence-electron chi connectivity index (χ3n) is 5.63. The van der Waals surface area contributed by atoms with Gasteiger partial charge in [0.15, 0.2) is 11.5 Å². The van der Waals surface area contributed by atoms with Gasteiger partial charge in [-0.25, -0.2) is 0 Å². The lowest BCUT2D eigenvalue weighted by atomic mass is 9.97. The summed E-state index contributed by atoms with van der Waals surface area (Å²) in [7, 11) is 1.66. The van der Waals surface area contributed by atoms with Crippen molar-refractivity contribution in [1.29, 1.82) is 0 Å². The standard InChI is InChI=1S/C25H33NO3S/c1-4-6-12-20(5-2)24(27)26-15-16-30-25(26)21-13-14-22(23(17-21)28-3)29-18-19-10-8-7-9-11-19/h7-11,13-14,17,20,25H,4-6,12,15-16,18H2,1-3H3/t20-,25-/m0/s1. The van der Waals surface area contributed by atoms with Crippen LogP contribution in [0.2, 0.25) is 0 Å². The van der Waals surface area contributed by atoms with Crippen molar-refractivity contribution in [3.63, 3.8) is 0 Å². The van der Waals surface area contributed by atoms with Crippen LogP contribution in [0.4, 0.5) is 0 Å². The topological polar surface area (TPSA) is 38.8 Å². The first-order valence-electron chi connectivity index (χ1n) is 10.9. The van der Waals surface area contributed by atoms with Crippen molar-refractivity contribution in [2.45, 2.75) is 51.5 Å². The quantitative estimate of drug-likeness (QED) is 0.462. The van der Waals surface area contributed by atoms with Gasteiger partial charge in [0.2, 0.25) is 5.91 Å². The molecule has 162 valence electrons. The fraction of sp³-hybridized carbons (Fsp3) is 0.480. The molecule has 0 radical (unpaired) electrons. The van der Waals surface area contributed by atoms with Gasteiger partial charge in [-0.2, -0.15) is 0 Å². The van der Waals surface area contributed by atoms with Crippen LogP contribution in [0, 0.1) is 5.92 Å². The minimum atomic E-state index is 0.0465. The van der Waals surface area contributed by atoms with Gasteiger partial charge in [-0.3, -0.25) is 4.79 Å². The van der Waals surface area contributed by atoms with Crippen LogP contribution in [0.3, 0.4) is 0 Å². The van der Waals surface area contributed by atoms with Gasteiger partial charge in [-0.1, -0.05) is 63.1 Å². The summed E-state index contributed by atoms with van der Waals surface area (Å²) in [5.74, 6) is 2.82. The highest BCUT2D eigenvalue weighted by molar-refractivity contribution is 7.99. The molecule has 0 aromatic heterocycles. The Morgan fingerprint density at radius 3 is 2.67 bits per heavy atom. The van der Waals surface area contributed by atoms with E-state index in [-0.39, 0.29) is 11.3 Å². The highest BCUT2D eigenvalue weighted by Crippen LogP contribution is 2.42. The van der Waals surface area contributed by atoms with E-state index in [4.69, 9.17) is 9.47 Å². The molecule has 1 heterocycles. The van der Waals surface area contributed by atoms with E-state index < -0.39 is 0 Å². The van der Waals surface area contributed by atoms with Crippen molar-refractivity contribution in [3.05, 3.63) is 59.7 Å². The van der Waals surface area contributed by atoms with Crippen molar-refractivity contribution in [2.75, 3.05) is 19.4 Å². The number of unbranched alkanes of at least 4 members (excludes halogenated alkanes) is 1. The molecule has 0 bridgehead atoms. The van der Waals surface area contributed by atoms with Crippen LogP contribution < -0.4 is 9.47 Å². The smallest absolute Gasteiger partial charge is 0.226 e. The van der Waals surface area contributed by atoms with Gasteiger partial charge in [0, 0.05) is 18.2 Å². The molecule has 0 unspecified atom stereocenters. The van der Waals surface area contributed by atoms with Gasteiger partial charge in [0.1, 0.15) is 12.0 Å². The van der Waals surface area contributed by atoms with Gasteiger partial charge in [-0.05, 0) is 36.1 Å². The predicted molar refractivity (Wildman–Crippen MR) is 124 cm³/mol. The van der Waals surface area contributed by atoms with E-state index in [0.29, 0.717) is 18.3 Å². The Morgan fingerprint density at radius 2 is 1.97 bits per heavy atom. The number of ether oxygens (including phenoxy) is 2. The first kappa shape index (κ1) is 22.5. The Kier molecular flexibility index (Phi) is 8.50. The molecule has 0 N–H and O–H groups in total. The molecule has 30 heavy (non-hydrogen) atoms. The lowest BCUT2D eigenvalue weighted by molar-refractivity contribution is -0.136. The van der Waals surface area contributed by atoms with E-state index in [2.05, 4.69) is 24.8 Å². The molecular weight excluding hydrogens is 394 g/mol. The third-order valence-corrected chi connectivity index (χ3v) is 6.89. The number of rotatable bonds is 10. The zero-order chi connectivity index (χ0) is 21.3. The Bertz CT molecular complexity index is 811. The van der Waals surface area contributed by atoms with Crippen molar-refractivity contribution < 1.29 is 14.3 Å². The normalized spacial score (nSPS) is 17.0. The summed E-state index contributed by atoms with van der Waals surface area (Å²) < 4.78 is 11.6. The van der Waals surface area contributed by atoms with Crippen LogP contribution in [0.5, 0.6) is 11.5 Å². The fourth-order valence-corrected chi connectivity index (χ4v) is 5.11. The average Bonchev–Trinajstić information content (AvgIpc) is 3.28. The Hall–Kier alpha value is -2.14. The molecule has 1 fully saturated rings. The monoisotopic (exact) mass is 427 g/mol. The van der Waals surface area contributed by atoms with Crippen LogP contribution in [-0.2, 0) is 11.4 Å². The molecule has 1 saturated heterocycles. The minimum Gasteiger partial charge on any atom is -0.493 e. The van der Waals surface area contributed by atoms with E-state index >= 15 is 0 Å². The lowest BCUT2D eigenvalue weighted by Crippen LogP contribution is -2.35. The number of thioether (sulfide) groups is 1. The Balaban J connectivity index is 1.73. The molecule has 4 nitrogen and oxygen atoms in total. The molecule has 1 aliphatic rings. The summed E-state index contributed by atoms with van der Waals surface area (Å²) in [6.07, 6.45) is 4.12. The van der Waals surface area contributed by atoms with Gasteiger partial charge >= 0.3 is 0 Å². The molecular formula is C25H33NO3S. The number of hydrogen-bond donors (Lipinski definition) is 0. The highest BCUT2D eigenvalue weighted by Gasteiger charge is 2.34. The molecule has 0 aliphatic carbocycles. The summed E-state index contributed by atoms with van der Waals surface area (Å²) in [6.45, 7) is 5.61. The summed E-state index contributed by atoms with van der Waals surface area (Å²) in [4.78, 5) is 15.3. The molecule has 5 heteroatoms. The number of hydrogen-bond acceptors (Lipinski definition) is 4. The first-order chi connectivity index (χ1) is 14.7. The second kappa shape index (κ2) is 11.3. The molecule has 1 amide bonds. The maximum Gasteiger partial charge on any atom is 0.226 e. The molecule has 2 aromatic rings. The Morgan fingerprint density at radius 1 is 1.17 bits per heavy atom. The molecule has 3 rings (SSSR count). The van der Waals surface area contributed by atoms with Crippen LogP contribution in [0.25, 0.3) is 0 Å². The zero-order valence-electron chi connectivity index (χ0n) is 18.3. The molecule has 2 atom stereocenters. The second-order valence-corrected chi connectivity index (χ2v) is 8.87. The average molecular weight is 428 g/mol. The number of methoxy groups -OCH3 is 1. The van der Waals surface area contributed by atoms with Crippen LogP contribution in [-0.4, -0.2) is 30.2 Å². The van der Waals surface area contributed by atoms with Gasteiger partial charge < -0.3 is 14.4 Å². The highest BCUT2D eigenvalue weighted by atomic mass is 32.2. The third kappa shape index (κ3) is 5.51. The van der Waals surface area contributed by atoms with E-state index in [1.807, 2.05) is 54.2 Å². The van der Waals surface area contributed by atoms with Gasteiger partial charge in [0.25, 0.3) is 0 Å². The number of carbonyl (C=O) groups excluding carboxylic acids is 1. The van der Waals surface area contributed by atoms with Crippen LogP contribution >= 0.6 is 11.8 Å². The maximum absolute atomic E-state index is 13.2.